The van der Waals surface area contributed by atoms with Gasteiger partial charge in [-0.1, -0.05) is 0 Å². The highest BCUT2D eigenvalue weighted by Crippen LogP contribution is 2.48. The van der Waals surface area contributed by atoms with Crippen molar-refractivity contribution in [1.29, 1.82) is 0 Å². The summed E-state index contributed by atoms with van der Waals surface area (Å²) in [6, 6.07) is 0. The lowest BCUT2D eigenvalue weighted by Gasteiger charge is -2.19. The number of nitrogens with two attached hydrogens (primary N) is 1. The molecule has 3 N–H and O–H groups in total. The number of carboxylic acid groups (broad SMARTS) is 1. The second kappa shape index (κ2) is 3.53. The first kappa shape index (κ1) is 11.6. The Bertz CT molecular complexity index is 180. The largest absolute Gasteiger partial charge is 0.478 e. The maximum atomic E-state index is 12.6. The van der Waals surface area contributed by atoms with E-state index in [4.69, 9.17) is 5.11 Å². The molecule has 0 aliphatic carbocycles. The molecule has 12 heavy (non-hydrogen) atoms. The summed E-state index contributed by atoms with van der Waals surface area (Å²) in [5, 5.41) is 8.10. The summed E-state index contributed by atoms with van der Waals surface area (Å²) < 4.78 is 37.0. The van der Waals surface area contributed by atoms with Gasteiger partial charge in [-0.2, -0.15) is 7.77 Å². The Kier molecular flexibility index (Phi) is 3.40. The average molecular weight is 205 g/mol. The highest BCUT2D eigenvalue weighted by atomic mass is 32.3. The number of hydrogen-bond donors (Lipinski definition) is 2. The highest BCUT2D eigenvalue weighted by molar-refractivity contribution is 8.24. The Morgan fingerprint density at radius 2 is 2.08 bits per heavy atom. The third kappa shape index (κ3) is 4.45. The summed E-state index contributed by atoms with van der Waals surface area (Å²) in [7, 11) is -3.87. The Hall–Kier alpha value is -0.430. The van der Waals surface area contributed by atoms with E-state index < -0.39 is 34.7 Å². The molecule has 0 aromatic carbocycles. The van der Waals surface area contributed by atoms with Crippen LogP contribution in [-0.2, 0) is 4.79 Å². The van der Waals surface area contributed by atoms with Crippen LogP contribution in [0.1, 0.15) is 6.42 Å². The summed E-state index contributed by atoms with van der Waals surface area (Å²) in [4.78, 5) is 10.0. The quantitative estimate of drug-likeness (QED) is 0.680. The van der Waals surface area contributed by atoms with E-state index in [1.165, 1.54) is 0 Å². The normalized spacial score (nSPS) is 18.4. The lowest BCUT2D eigenvalue weighted by molar-refractivity contribution is -0.150. The SMILES string of the molecule is CS(F)(F)CCC(N)(F)C(=O)O. The van der Waals surface area contributed by atoms with Gasteiger partial charge < -0.3 is 5.11 Å². The van der Waals surface area contributed by atoms with Gasteiger partial charge in [0.05, 0.1) is 10.8 Å². The van der Waals surface area contributed by atoms with Crippen LogP contribution in [0.5, 0.6) is 0 Å². The zero-order chi connectivity index (χ0) is 9.99. The molecular formula is C5H10F3NO2S. The Balaban J connectivity index is 4.01. The molecule has 0 saturated carbocycles. The van der Waals surface area contributed by atoms with Crippen LogP contribution < -0.4 is 5.73 Å². The van der Waals surface area contributed by atoms with Crippen molar-refractivity contribution in [1.82, 2.24) is 0 Å². The Labute approximate surface area is 69.6 Å². The van der Waals surface area contributed by atoms with Gasteiger partial charge in [-0.15, -0.1) is 0 Å². The molecule has 0 aliphatic heterocycles. The van der Waals surface area contributed by atoms with Gasteiger partial charge in [-0.25, -0.2) is 9.18 Å². The van der Waals surface area contributed by atoms with E-state index in [1.807, 2.05) is 0 Å². The minimum Gasteiger partial charge on any atom is -0.478 e. The van der Waals surface area contributed by atoms with E-state index in [0.29, 0.717) is 6.26 Å². The molecule has 1 atom stereocenters. The minimum absolute atomic E-state index is 0.658. The van der Waals surface area contributed by atoms with E-state index >= 15 is 0 Å². The first-order chi connectivity index (χ1) is 5.15. The number of alkyl halides is 1. The molecule has 0 aromatic heterocycles. The predicted molar refractivity (Wildman–Crippen MR) is 40.9 cm³/mol. The molecule has 3 nitrogen and oxygen atoms in total. The second-order valence-corrected chi connectivity index (χ2v) is 4.65. The molecule has 74 valence electrons. The van der Waals surface area contributed by atoms with Crippen LogP contribution in [0.3, 0.4) is 0 Å². The summed E-state index contributed by atoms with van der Waals surface area (Å²) in [5.74, 6) is -5.75. The van der Waals surface area contributed by atoms with E-state index in [-0.39, 0.29) is 0 Å². The van der Waals surface area contributed by atoms with Crippen molar-refractivity contribution in [3.63, 3.8) is 0 Å². The first-order valence-corrected chi connectivity index (χ1v) is 5.03. The monoisotopic (exact) mass is 205 g/mol. The summed E-state index contributed by atoms with van der Waals surface area (Å²) in [6.45, 7) is 0. The summed E-state index contributed by atoms with van der Waals surface area (Å²) in [5.41, 5.74) is 4.58. The van der Waals surface area contributed by atoms with Gasteiger partial charge in [0, 0.05) is 18.4 Å². The first-order valence-electron chi connectivity index (χ1n) is 3.01. The highest BCUT2D eigenvalue weighted by Gasteiger charge is 2.35. The van der Waals surface area contributed by atoms with E-state index in [9.17, 15) is 17.0 Å². The molecule has 0 amide bonds. The standard InChI is InChI=1S/C5H10F3NO2S/c1-12(7,8)3-2-5(6,9)4(10)11/h2-3,9H2,1H3,(H,10,11). The average Bonchev–Trinajstić information content (AvgIpc) is 1.82. The number of carbonyl (C=O) groups is 1. The number of halogens is 3. The van der Waals surface area contributed by atoms with Crippen LogP contribution in [-0.4, -0.2) is 28.9 Å². The Morgan fingerprint density at radius 3 is 2.33 bits per heavy atom. The lowest BCUT2D eigenvalue weighted by atomic mass is 10.2. The van der Waals surface area contributed by atoms with Crippen molar-refractivity contribution in [2.45, 2.75) is 12.2 Å². The van der Waals surface area contributed by atoms with E-state index in [2.05, 4.69) is 5.73 Å². The molecule has 0 aromatic rings. The van der Waals surface area contributed by atoms with Crippen molar-refractivity contribution < 1.29 is 22.1 Å². The van der Waals surface area contributed by atoms with Crippen molar-refractivity contribution >= 4 is 16.8 Å². The fraction of sp³-hybridized carbons (Fsp3) is 0.800. The van der Waals surface area contributed by atoms with Crippen LogP contribution in [0.2, 0.25) is 0 Å². The van der Waals surface area contributed by atoms with Crippen molar-refractivity contribution in [2.75, 3.05) is 12.0 Å². The van der Waals surface area contributed by atoms with Crippen LogP contribution in [0.25, 0.3) is 0 Å². The third-order valence-corrected chi connectivity index (χ3v) is 2.10. The topological polar surface area (TPSA) is 63.3 Å². The van der Waals surface area contributed by atoms with Crippen molar-refractivity contribution in [3.05, 3.63) is 0 Å². The molecular weight excluding hydrogens is 195 g/mol. The van der Waals surface area contributed by atoms with Crippen LogP contribution in [0.4, 0.5) is 12.2 Å². The fourth-order valence-corrected chi connectivity index (χ4v) is 1.09. The molecule has 0 aliphatic rings. The molecule has 0 heterocycles. The minimum atomic E-state index is -3.87. The number of carboxylic acids is 1. The van der Waals surface area contributed by atoms with Gasteiger partial charge in [0.1, 0.15) is 0 Å². The lowest BCUT2D eigenvalue weighted by Crippen LogP contribution is -2.44. The molecule has 1 unspecified atom stereocenters. The molecule has 0 fully saturated rings. The van der Waals surface area contributed by atoms with Gasteiger partial charge >= 0.3 is 5.97 Å². The van der Waals surface area contributed by atoms with Gasteiger partial charge in [-0.3, -0.25) is 5.73 Å². The summed E-state index contributed by atoms with van der Waals surface area (Å²) in [6.07, 6.45) is -0.202. The predicted octanol–water partition coefficient (Wildman–Crippen LogP) is 1.29. The zero-order valence-electron chi connectivity index (χ0n) is 6.39. The third-order valence-electron chi connectivity index (χ3n) is 1.18. The van der Waals surface area contributed by atoms with Crippen LogP contribution in [0.15, 0.2) is 0 Å². The second-order valence-electron chi connectivity index (χ2n) is 2.50. The van der Waals surface area contributed by atoms with Crippen LogP contribution in [0, 0.1) is 0 Å². The smallest absolute Gasteiger partial charge is 0.356 e. The van der Waals surface area contributed by atoms with E-state index in [1.54, 1.807) is 0 Å². The molecule has 0 spiro atoms. The van der Waals surface area contributed by atoms with Crippen LogP contribution >= 0.6 is 10.8 Å². The summed E-state index contributed by atoms with van der Waals surface area (Å²) >= 11 is 0. The van der Waals surface area contributed by atoms with Crippen molar-refractivity contribution in [3.8, 4) is 0 Å². The molecule has 0 saturated heterocycles. The molecule has 0 radical (unpaired) electrons. The molecule has 7 heteroatoms. The number of rotatable bonds is 4. The fourth-order valence-electron chi connectivity index (χ4n) is 0.435. The molecule has 0 bridgehead atoms. The number of hydrogen-bond acceptors (Lipinski definition) is 2. The van der Waals surface area contributed by atoms with Gasteiger partial charge in [0.2, 0.25) is 0 Å². The van der Waals surface area contributed by atoms with Gasteiger partial charge in [0.25, 0.3) is 5.79 Å². The Morgan fingerprint density at radius 1 is 1.67 bits per heavy atom. The van der Waals surface area contributed by atoms with Gasteiger partial charge in [-0.05, 0) is 0 Å². The molecule has 0 rings (SSSR count). The van der Waals surface area contributed by atoms with Crippen molar-refractivity contribution in [2.24, 2.45) is 5.73 Å². The maximum absolute atomic E-state index is 12.6. The zero-order valence-corrected chi connectivity index (χ0v) is 7.21. The van der Waals surface area contributed by atoms with Gasteiger partial charge in [0.15, 0.2) is 0 Å². The van der Waals surface area contributed by atoms with E-state index in [0.717, 1.165) is 0 Å². The maximum Gasteiger partial charge on any atom is 0.356 e. The number of aliphatic carboxylic acids is 1.